The number of benzene rings is 3. The summed E-state index contributed by atoms with van der Waals surface area (Å²) in [5.41, 5.74) is 3.55. The maximum absolute atomic E-state index is 11.2. The van der Waals surface area contributed by atoms with Crippen LogP contribution in [0.25, 0.3) is 21.0 Å². The smallest absolute Gasteiger partial charge is 0.130 e. The van der Waals surface area contributed by atoms with E-state index in [-0.39, 0.29) is 4.88 Å². The van der Waals surface area contributed by atoms with Crippen LogP contribution in [0.15, 0.2) is 78.9 Å². The molecule has 5 rings (SSSR count). The standard InChI is InChI=1S/C27H21NO4S/c1-17-23-14-22(12-13-25(23)33-26(17)27(29)30)31-15-18-6-10-21(11-7-18)32-16-20-9-8-19-4-2-3-5-24(19)28-20/h2-14H,15-16H2,1H3,(H,29,30)/p-1. The van der Waals surface area contributed by atoms with Gasteiger partial charge < -0.3 is 19.4 Å². The van der Waals surface area contributed by atoms with Gasteiger partial charge in [0.25, 0.3) is 0 Å². The van der Waals surface area contributed by atoms with Crippen molar-refractivity contribution in [2.45, 2.75) is 20.1 Å². The van der Waals surface area contributed by atoms with Crippen LogP contribution in [0.5, 0.6) is 11.5 Å². The van der Waals surface area contributed by atoms with Crippen LogP contribution in [-0.2, 0) is 13.2 Å². The van der Waals surface area contributed by atoms with Gasteiger partial charge in [0.05, 0.1) is 22.1 Å². The summed E-state index contributed by atoms with van der Waals surface area (Å²) in [6.45, 7) is 2.59. The van der Waals surface area contributed by atoms with E-state index in [1.54, 1.807) is 6.92 Å². The van der Waals surface area contributed by atoms with Crippen molar-refractivity contribution in [2.75, 3.05) is 0 Å². The molecule has 0 fully saturated rings. The third-order valence-electron chi connectivity index (χ3n) is 5.46. The van der Waals surface area contributed by atoms with Crippen molar-refractivity contribution in [1.29, 1.82) is 0 Å². The van der Waals surface area contributed by atoms with Gasteiger partial charge in [-0.25, -0.2) is 4.98 Å². The number of aryl methyl sites for hydroxylation is 1. The van der Waals surface area contributed by atoms with E-state index in [1.165, 1.54) is 11.3 Å². The molecule has 0 unspecified atom stereocenters. The molecule has 6 heteroatoms. The van der Waals surface area contributed by atoms with E-state index in [0.717, 1.165) is 38.0 Å². The second-order valence-electron chi connectivity index (χ2n) is 7.72. The van der Waals surface area contributed by atoms with Gasteiger partial charge in [-0.2, -0.15) is 0 Å². The highest BCUT2D eigenvalue weighted by molar-refractivity contribution is 7.21. The molecular formula is C27H20NO4S-. The second-order valence-corrected chi connectivity index (χ2v) is 8.77. The molecule has 0 amide bonds. The number of fused-ring (bicyclic) bond motifs is 2. The van der Waals surface area contributed by atoms with E-state index < -0.39 is 5.97 Å². The fourth-order valence-electron chi connectivity index (χ4n) is 3.68. The molecule has 5 nitrogen and oxygen atoms in total. The minimum atomic E-state index is -1.14. The first-order valence-corrected chi connectivity index (χ1v) is 11.3. The number of nitrogens with zero attached hydrogens (tertiary/aromatic N) is 1. The first kappa shape index (κ1) is 21.0. The number of thiophene rings is 1. The van der Waals surface area contributed by atoms with Crippen LogP contribution in [-0.4, -0.2) is 11.0 Å². The Morgan fingerprint density at radius 2 is 1.67 bits per heavy atom. The van der Waals surface area contributed by atoms with Crippen molar-refractivity contribution in [2.24, 2.45) is 0 Å². The van der Waals surface area contributed by atoms with Crippen molar-refractivity contribution in [3.63, 3.8) is 0 Å². The number of aromatic carboxylic acids is 1. The maximum atomic E-state index is 11.2. The van der Waals surface area contributed by atoms with Gasteiger partial charge in [-0.3, -0.25) is 0 Å². The number of hydrogen-bond acceptors (Lipinski definition) is 6. The van der Waals surface area contributed by atoms with E-state index in [1.807, 2.05) is 72.8 Å². The summed E-state index contributed by atoms with van der Waals surface area (Å²) in [7, 11) is 0. The Bertz CT molecular complexity index is 1460. The number of ether oxygens (including phenoxy) is 2. The lowest BCUT2D eigenvalue weighted by atomic mass is 10.1. The van der Waals surface area contributed by atoms with Gasteiger partial charge in [0, 0.05) is 10.1 Å². The predicted molar refractivity (Wildman–Crippen MR) is 128 cm³/mol. The third kappa shape index (κ3) is 4.52. The van der Waals surface area contributed by atoms with E-state index >= 15 is 0 Å². The minimum Gasteiger partial charge on any atom is -0.544 e. The van der Waals surface area contributed by atoms with Crippen molar-refractivity contribution in [3.05, 3.63) is 101 Å². The summed E-state index contributed by atoms with van der Waals surface area (Å²) in [5.74, 6) is 0.310. The predicted octanol–water partition coefficient (Wildman–Crippen LogP) is 5.28. The molecule has 0 bridgehead atoms. The Morgan fingerprint density at radius 3 is 2.48 bits per heavy atom. The quantitative estimate of drug-likeness (QED) is 0.335. The normalized spacial score (nSPS) is 11.1. The number of hydrogen-bond donors (Lipinski definition) is 0. The van der Waals surface area contributed by atoms with Gasteiger partial charge in [-0.05, 0) is 65.9 Å². The average molecular weight is 455 g/mol. The molecule has 0 aliphatic heterocycles. The molecule has 0 saturated carbocycles. The summed E-state index contributed by atoms with van der Waals surface area (Å²) >= 11 is 1.22. The summed E-state index contributed by atoms with van der Waals surface area (Å²) < 4.78 is 12.7. The van der Waals surface area contributed by atoms with Crippen molar-refractivity contribution >= 4 is 38.3 Å². The summed E-state index contributed by atoms with van der Waals surface area (Å²) in [6, 6.07) is 25.4. The number of carbonyl (C=O) groups excluding carboxylic acids is 1. The highest BCUT2D eigenvalue weighted by Gasteiger charge is 2.10. The Kier molecular flexibility index (Phi) is 5.67. The fraction of sp³-hybridized carbons (Fsp3) is 0.111. The SMILES string of the molecule is Cc1c(C(=O)[O-])sc2ccc(OCc3ccc(OCc4ccc5ccccc5n4)cc3)cc12. The zero-order valence-corrected chi connectivity index (χ0v) is 18.7. The lowest BCUT2D eigenvalue weighted by Gasteiger charge is -2.09. The molecule has 3 aromatic carbocycles. The number of pyridine rings is 1. The Hall–Kier alpha value is -3.90. The average Bonchev–Trinajstić information content (AvgIpc) is 3.18. The molecule has 0 aliphatic carbocycles. The van der Waals surface area contributed by atoms with Crippen LogP contribution in [0.4, 0.5) is 0 Å². The molecule has 0 radical (unpaired) electrons. The van der Waals surface area contributed by atoms with Gasteiger partial charge in [0.15, 0.2) is 0 Å². The number of rotatable bonds is 7. The first-order valence-electron chi connectivity index (χ1n) is 10.5. The number of aromatic nitrogens is 1. The molecule has 0 N–H and O–H groups in total. The van der Waals surface area contributed by atoms with E-state index in [9.17, 15) is 9.90 Å². The second kappa shape index (κ2) is 8.92. The van der Waals surface area contributed by atoms with Crippen molar-refractivity contribution in [3.8, 4) is 11.5 Å². The van der Waals surface area contributed by atoms with Crippen LogP contribution >= 0.6 is 11.3 Å². The Labute approximate surface area is 194 Å². The van der Waals surface area contributed by atoms with Crippen LogP contribution in [0.2, 0.25) is 0 Å². The topological polar surface area (TPSA) is 71.5 Å². The van der Waals surface area contributed by atoms with Gasteiger partial charge in [0.2, 0.25) is 0 Å². The zero-order valence-electron chi connectivity index (χ0n) is 17.9. The third-order valence-corrected chi connectivity index (χ3v) is 6.72. The fourth-order valence-corrected chi connectivity index (χ4v) is 4.70. The van der Waals surface area contributed by atoms with E-state index in [0.29, 0.717) is 24.5 Å². The summed E-state index contributed by atoms with van der Waals surface area (Å²) in [6.07, 6.45) is 0. The van der Waals surface area contributed by atoms with Crippen LogP contribution in [0, 0.1) is 6.92 Å². The number of carbonyl (C=O) groups is 1. The van der Waals surface area contributed by atoms with Crippen LogP contribution in [0.1, 0.15) is 26.5 Å². The van der Waals surface area contributed by atoms with Crippen molar-refractivity contribution < 1.29 is 19.4 Å². The molecule has 33 heavy (non-hydrogen) atoms. The molecule has 2 aromatic heterocycles. The highest BCUT2D eigenvalue weighted by Crippen LogP contribution is 2.33. The van der Waals surface area contributed by atoms with E-state index in [2.05, 4.69) is 11.1 Å². The Morgan fingerprint density at radius 1 is 0.909 bits per heavy atom. The molecule has 5 aromatic rings. The lowest BCUT2D eigenvalue weighted by molar-refractivity contribution is -0.254. The minimum absolute atomic E-state index is 0.261. The monoisotopic (exact) mass is 454 g/mol. The number of carboxylic acids is 1. The molecule has 2 heterocycles. The lowest BCUT2D eigenvalue weighted by Crippen LogP contribution is -2.21. The number of carboxylic acid groups (broad SMARTS) is 1. The zero-order chi connectivity index (χ0) is 22.8. The molecule has 0 atom stereocenters. The van der Waals surface area contributed by atoms with Crippen LogP contribution < -0.4 is 14.6 Å². The highest BCUT2D eigenvalue weighted by atomic mass is 32.1. The maximum Gasteiger partial charge on any atom is 0.130 e. The first-order chi connectivity index (χ1) is 16.1. The summed E-state index contributed by atoms with van der Waals surface area (Å²) in [5, 5.41) is 13.2. The number of para-hydroxylation sites is 1. The van der Waals surface area contributed by atoms with Gasteiger partial charge in [-0.1, -0.05) is 36.4 Å². The summed E-state index contributed by atoms with van der Waals surface area (Å²) in [4.78, 5) is 16.1. The molecule has 164 valence electrons. The van der Waals surface area contributed by atoms with Gasteiger partial charge in [0.1, 0.15) is 24.7 Å². The van der Waals surface area contributed by atoms with Gasteiger partial charge >= 0.3 is 0 Å². The molecule has 0 saturated heterocycles. The van der Waals surface area contributed by atoms with Crippen LogP contribution in [0.3, 0.4) is 0 Å². The molecule has 0 spiro atoms. The van der Waals surface area contributed by atoms with E-state index in [4.69, 9.17) is 9.47 Å². The molecular weight excluding hydrogens is 434 g/mol. The van der Waals surface area contributed by atoms with Crippen molar-refractivity contribution in [1.82, 2.24) is 4.98 Å². The Balaban J connectivity index is 1.21. The largest absolute Gasteiger partial charge is 0.544 e. The molecule has 0 aliphatic rings. The van der Waals surface area contributed by atoms with Gasteiger partial charge in [-0.15, -0.1) is 11.3 Å².